The highest BCUT2D eigenvalue weighted by molar-refractivity contribution is 6.83. The van der Waals surface area contributed by atoms with E-state index in [0.29, 0.717) is 22.6 Å². The molecule has 0 saturated carbocycles. The lowest BCUT2D eigenvalue weighted by molar-refractivity contribution is -0.334. The SMILES string of the molecule is CC(=O)OC[C@@]12CO[C@@](c3ccc(Cl)c(Cc4ccc(C#C[Si](C)(C)C)cc4)c3)(O1)[C@H](OC(C)=O)[C@@H](OC(C)=O)[C@@H]2OC(C)=O. The van der Waals surface area contributed by atoms with Crippen molar-refractivity contribution < 1.29 is 47.6 Å². The molecule has 0 unspecified atom stereocenters. The molecule has 4 rings (SSSR count). The molecule has 2 aliphatic heterocycles. The minimum Gasteiger partial charge on any atom is -0.463 e. The summed E-state index contributed by atoms with van der Waals surface area (Å²) in [4.78, 5) is 48.9. The molecule has 0 spiro atoms. The summed E-state index contributed by atoms with van der Waals surface area (Å²) in [5.41, 5.74) is 4.74. The Morgan fingerprint density at radius 2 is 1.51 bits per heavy atom. The second-order valence-corrected chi connectivity index (χ2v) is 17.4. The normalized spacial score (nSPS) is 25.4. The molecule has 240 valence electrons. The third-order valence-electron chi connectivity index (χ3n) is 7.16. The van der Waals surface area contributed by atoms with Crippen molar-refractivity contribution in [1.82, 2.24) is 0 Å². The molecular weight excluding hydrogens is 620 g/mol. The van der Waals surface area contributed by atoms with E-state index in [-0.39, 0.29) is 6.61 Å². The van der Waals surface area contributed by atoms with E-state index < -0.39 is 68.3 Å². The Morgan fingerprint density at radius 1 is 0.889 bits per heavy atom. The van der Waals surface area contributed by atoms with Crippen LogP contribution >= 0.6 is 11.6 Å². The van der Waals surface area contributed by atoms with Gasteiger partial charge in [-0.25, -0.2) is 0 Å². The number of hydrogen-bond acceptors (Lipinski definition) is 10. The highest BCUT2D eigenvalue weighted by Crippen LogP contribution is 2.53. The lowest BCUT2D eigenvalue weighted by atomic mass is 9.83. The molecule has 0 amide bonds. The van der Waals surface area contributed by atoms with E-state index in [0.717, 1.165) is 11.1 Å². The highest BCUT2D eigenvalue weighted by Gasteiger charge is 2.72. The number of fused-ring (bicyclic) bond motifs is 2. The van der Waals surface area contributed by atoms with Gasteiger partial charge in [0, 0.05) is 43.8 Å². The van der Waals surface area contributed by atoms with Crippen LogP contribution in [0.5, 0.6) is 0 Å². The van der Waals surface area contributed by atoms with Crippen LogP contribution in [0.2, 0.25) is 24.7 Å². The topological polar surface area (TPSA) is 124 Å². The zero-order valence-corrected chi connectivity index (χ0v) is 28.1. The van der Waals surface area contributed by atoms with Gasteiger partial charge < -0.3 is 28.4 Å². The second-order valence-electron chi connectivity index (χ2n) is 12.2. The van der Waals surface area contributed by atoms with Crippen molar-refractivity contribution in [2.24, 2.45) is 0 Å². The Morgan fingerprint density at radius 3 is 2.09 bits per heavy atom. The summed E-state index contributed by atoms with van der Waals surface area (Å²) in [7, 11) is -1.52. The maximum Gasteiger partial charge on any atom is 0.303 e. The molecule has 2 fully saturated rings. The maximum absolute atomic E-state index is 12.4. The van der Waals surface area contributed by atoms with Gasteiger partial charge in [0.25, 0.3) is 0 Å². The van der Waals surface area contributed by atoms with Gasteiger partial charge in [0.1, 0.15) is 14.7 Å². The average molecular weight is 657 g/mol. The fourth-order valence-electron chi connectivity index (χ4n) is 5.33. The quantitative estimate of drug-likeness (QED) is 0.174. The standard InChI is InChI=1S/C33H37ClO10Si/c1-20(35)39-18-32-19-40-33(44-32,31(43-23(4)38)29(41-21(2)36)30(32)42-22(3)37)27-12-13-28(34)26(17-27)16-25-10-8-24(9-11-25)14-15-45(5,6)7/h8-13,17,29-31H,16,18-19H2,1-7H3/t29-,30-,31+,32-,33-/m0/s1. The molecule has 0 aromatic heterocycles. The molecule has 5 atom stereocenters. The maximum atomic E-state index is 12.4. The van der Waals surface area contributed by atoms with Crippen LogP contribution in [0.4, 0.5) is 0 Å². The van der Waals surface area contributed by atoms with Gasteiger partial charge in [-0.2, -0.15) is 0 Å². The molecule has 2 aliphatic rings. The van der Waals surface area contributed by atoms with Gasteiger partial charge in [-0.05, 0) is 41.8 Å². The van der Waals surface area contributed by atoms with Gasteiger partial charge in [-0.1, -0.05) is 55.4 Å². The van der Waals surface area contributed by atoms with Crippen LogP contribution in [0.3, 0.4) is 0 Å². The van der Waals surface area contributed by atoms with E-state index in [1.807, 2.05) is 24.3 Å². The van der Waals surface area contributed by atoms with Gasteiger partial charge in [0.2, 0.25) is 11.9 Å². The van der Waals surface area contributed by atoms with Gasteiger partial charge in [0.05, 0.1) is 6.61 Å². The smallest absolute Gasteiger partial charge is 0.303 e. The Kier molecular flexibility index (Phi) is 10.1. The third kappa shape index (κ3) is 7.94. The van der Waals surface area contributed by atoms with E-state index >= 15 is 0 Å². The van der Waals surface area contributed by atoms with Crippen LogP contribution < -0.4 is 0 Å². The number of rotatable bonds is 8. The van der Waals surface area contributed by atoms with Crippen molar-refractivity contribution in [1.29, 1.82) is 0 Å². The summed E-state index contributed by atoms with van der Waals surface area (Å²) in [5.74, 6) is -1.41. The fraction of sp³-hybridized carbons (Fsp3) is 0.455. The summed E-state index contributed by atoms with van der Waals surface area (Å²) in [5, 5.41) is 0.469. The monoisotopic (exact) mass is 656 g/mol. The number of esters is 4. The Bertz CT molecular complexity index is 1540. The first-order valence-corrected chi connectivity index (χ1v) is 18.3. The number of ether oxygens (including phenoxy) is 6. The van der Waals surface area contributed by atoms with E-state index in [9.17, 15) is 19.2 Å². The van der Waals surface area contributed by atoms with Crippen molar-refractivity contribution in [3.8, 4) is 11.5 Å². The van der Waals surface area contributed by atoms with Gasteiger partial charge in [-0.3, -0.25) is 19.2 Å². The van der Waals surface area contributed by atoms with Gasteiger partial charge in [-0.15, -0.1) is 5.54 Å². The number of hydrogen-bond donors (Lipinski definition) is 0. The summed E-state index contributed by atoms with van der Waals surface area (Å²) < 4.78 is 35.2. The van der Waals surface area contributed by atoms with Crippen LogP contribution in [-0.2, 0) is 59.8 Å². The van der Waals surface area contributed by atoms with Gasteiger partial charge in [0.15, 0.2) is 17.8 Å². The summed E-state index contributed by atoms with van der Waals surface area (Å²) in [6.07, 6.45) is -3.72. The number of carbonyl (C=O) groups is 4. The first kappa shape index (κ1) is 34.2. The minimum absolute atomic E-state index is 0.258. The third-order valence-corrected chi connectivity index (χ3v) is 8.41. The Balaban J connectivity index is 1.79. The predicted octanol–water partition coefficient (Wildman–Crippen LogP) is 4.47. The van der Waals surface area contributed by atoms with Crippen molar-refractivity contribution in [3.05, 3.63) is 69.7 Å². The Labute approximate surface area is 268 Å². The molecule has 45 heavy (non-hydrogen) atoms. The van der Waals surface area contributed by atoms with E-state index in [2.05, 4.69) is 31.1 Å². The fourth-order valence-corrected chi connectivity index (χ4v) is 6.04. The van der Waals surface area contributed by atoms with Crippen LogP contribution in [0.25, 0.3) is 0 Å². The predicted molar refractivity (Wildman–Crippen MR) is 166 cm³/mol. The molecule has 2 aromatic rings. The van der Waals surface area contributed by atoms with Crippen LogP contribution in [0, 0.1) is 11.5 Å². The minimum atomic E-state index is -1.85. The zero-order chi connectivity index (χ0) is 33.2. The van der Waals surface area contributed by atoms with E-state index in [4.69, 9.17) is 40.0 Å². The van der Waals surface area contributed by atoms with E-state index in [1.54, 1.807) is 18.2 Å². The summed E-state index contributed by atoms with van der Waals surface area (Å²) >= 11 is 6.66. The van der Waals surface area contributed by atoms with Crippen LogP contribution in [-0.4, -0.2) is 69.1 Å². The molecule has 2 saturated heterocycles. The first-order valence-electron chi connectivity index (χ1n) is 14.4. The van der Waals surface area contributed by atoms with Crippen LogP contribution in [0.15, 0.2) is 42.5 Å². The van der Waals surface area contributed by atoms with Crippen molar-refractivity contribution in [3.63, 3.8) is 0 Å². The first-order chi connectivity index (χ1) is 21.0. The molecule has 10 nitrogen and oxygen atoms in total. The number of carbonyl (C=O) groups excluding carboxylic acids is 4. The lowest BCUT2D eigenvalue weighted by Gasteiger charge is -2.49. The van der Waals surface area contributed by atoms with Crippen LogP contribution in [0.1, 0.15) is 49.9 Å². The molecular formula is C33H37ClO10Si. The molecule has 2 bridgehead atoms. The molecule has 0 radical (unpaired) electrons. The molecule has 12 heteroatoms. The number of benzene rings is 2. The summed E-state index contributed by atoms with van der Waals surface area (Å²) in [6.45, 7) is 10.6. The molecule has 2 aromatic carbocycles. The van der Waals surface area contributed by atoms with Crippen molar-refractivity contribution in [2.75, 3.05) is 13.2 Å². The molecule has 0 aliphatic carbocycles. The average Bonchev–Trinajstić information content (AvgIpc) is 3.30. The molecule has 0 N–H and O–H groups in total. The molecule has 2 heterocycles. The lowest BCUT2D eigenvalue weighted by Crippen LogP contribution is -2.68. The van der Waals surface area contributed by atoms with E-state index in [1.165, 1.54) is 27.7 Å². The van der Waals surface area contributed by atoms with Crippen molar-refractivity contribution >= 4 is 43.6 Å². The number of halogens is 1. The second kappa shape index (κ2) is 13.3. The van der Waals surface area contributed by atoms with Gasteiger partial charge >= 0.3 is 23.9 Å². The largest absolute Gasteiger partial charge is 0.463 e. The zero-order valence-electron chi connectivity index (χ0n) is 26.4. The Hall–Kier alpha value is -3.69. The highest BCUT2D eigenvalue weighted by atomic mass is 35.5. The summed E-state index contributed by atoms with van der Waals surface area (Å²) in [6, 6.07) is 12.9. The van der Waals surface area contributed by atoms with Crippen molar-refractivity contribution in [2.45, 2.75) is 83.5 Å².